The summed E-state index contributed by atoms with van der Waals surface area (Å²) in [4.78, 5) is 11.6. The van der Waals surface area contributed by atoms with E-state index in [0.717, 1.165) is 33.2 Å². The molecule has 0 saturated heterocycles. The first-order valence-electron chi connectivity index (χ1n) is 7.44. The lowest BCUT2D eigenvalue weighted by atomic mass is 9.95. The number of fused-ring (bicyclic) bond motifs is 1. The molecule has 3 rings (SSSR count). The Morgan fingerprint density at radius 2 is 1.65 bits per heavy atom. The second-order valence-electron chi connectivity index (χ2n) is 5.34. The van der Waals surface area contributed by atoms with Crippen LogP contribution in [0.15, 0.2) is 60.7 Å². The Morgan fingerprint density at radius 3 is 2.43 bits per heavy atom. The van der Waals surface area contributed by atoms with Gasteiger partial charge >= 0.3 is 5.97 Å². The number of carbonyl (C=O) groups excluding carboxylic acids is 1. The predicted octanol–water partition coefficient (Wildman–Crippen LogP) is 4.23. The molecule has 0 bridgehead atoms. The van der Waals surface area contributed by atoms with Crippen molar-refractivity contribution in [1.29, 1.82) is 0 Å². The fraction of sp³-hybridized carbons (Fsp3) is 0.150. The molecule has 3 aromatic carbocycles. The molecule has 0 fully saturated rings. The third kappa shape index (κ3) is 3.19. The van der Waals surface area contributed by atoms with Crippen molar-refractivity contribution in [2.75, 3.05) is 14.2 Å². The van der Waals surface area contributed by atoms with E-state index >= 15 is 0 Å². The van der Waals surface area contributed by atoms with Gasteiger partial charge in [0.15, 0.2) is 0 Å². The molecule has 0 heterocycles. The van der Waals surface area contributed by atoms with E-state index in [4.69, 9.17) is 9.47 Å². The van der Waals surface area contributed by atoms with Crippen molar-refractivity contribution < 1.29 is 14.3 Å². The average Bonchev–Trinajstić information content (AvgIpc) is 2.61. The molecule has 0 unspecified atom stereocenters. The zero-order valence-electron chi connectivity index (χ0n) is 13.2. The summed E-state index contributed by atoms with van der Waals surface area (Å²) in [5, 5.41) is 2.26. The normalized spacial score (nSPS) is 10.5. The van der Waals surface area contributed by atoms with Crippen LogP contribution in [0, 0.1) is 0 Å². The molecule has 3 aromatic rings. The first kappa shape index (κ1) is 15.1. The molecule has 0 atom stereocenters. The molecule has 0 amide bonds. The minimum atomic E-state index is -0.233. The molecule has 0 aliphatic carbocycles. The number of ether oxygens (including phenoxy) is 2. The van der Waals surface area contributed by atoms with Crippen LogP contribution in [0.25, 0.3) is 21.9 Å². The fourth-order valence-electron chi connectivity index (χ4n) is 2.70. The summed E-state index contributed by atoms with van der Waals surface area (Å²) in [7, 11) is 3.08. The Balaban J connectivity index is 2.05. The molecule has 0 aromatic heterocycles. The van der Waals surface area contributed by atoms with Crippen LogP contribution in [0.4, 0.5) is 0 Å². The third-order valence-corrected chi connectivity index (χ3v) is 3.94. The van der Waals surface area contributed by atoms with Gasteiger partial charge < -0.3 is 9.47 Å². The van der Waals surface area contributed by atoms with Gasteiger partial charge in [-0.2, -0.15) is 0 Å². The highest BCUT2D eigenvalue weighted by molar-refractivity contribution is 5.89. The monoisotopic (exact) mass is 306 g/mol. The van der Waals surface area contributed by atoms with E-state index in [9.17, 15) is 4.79 Å². The Labute approximate surface area is 135 Å². The van der Waals surface area contributed by atoms with Crippen LogP contribution in [-0.4, -0.2) is 20.2 Å². The highest BCUT2D eigenvalue weighted by Gasteiger charge is 2.10. The third-order valence-electron chi connectivity index (χ3n) is 3.94. The molecule has 0 N–H and O–H groups in total. The van der Waals surface area contributed by atoms with E-state index in [-0.39, 0.29) is 12.4 Å². The maximum absolute atomic E-state index is 11.6. The zero-order valence-corrected chi connectivity index (χ0v) is 13.2. The molecule has 3 heteroatoms. The second-order valence-corrected chi connectivity index (χ2v) is 5.34. The van der Waals surface area contributed by atoms with Gasteiger partial charge in [-0.25, -0.2) is 0 Å². The predicted molar refractivity (Wildman–Crippen MR) is 91.7 cm³/mol. The lowest BCUT2D eigenvalue weighted by Crippen LogP contribution is -2.05. The van der Waals surface area contributed by atoms with Crippen molar-refractivity contribution in [2.45, 2.75) is 6.42 Å². The van der Waals surface area contributed by atoms with Crippen LogP contribution in [0.2, 0.25) is 0 Å². The van der Waals surface area contributed by atoms with Crippen molar-refractivity contribution in [1.82, 2.24) is 0 Å². The van der Waals surface area contributed by atoms with Crippen LogP contribution in [0.1, 0.15) is 5.56 Å². The lowest BCUT2D eigenvalue weighted by molar-refractivity contribution is -0.139. The van der Waals surface area contributed by atoms with Crippen molar-refractivity contribution in [3.05, 3.63) is 66.2 Å². The first-order valence-corrected chi connectivity index (χ1v) is 7.44. The second kappa shape index (κ2) is 6.53. The van der Waals surface area contributed by atoms with Crippen molar-refractivity contribution >= 4 is 16.7 Å². The fourth-order valence-corrected chi connectivity index (χ4v) is 2.70. The molecular weight excluding hydrogens is 288 g/mol. The number of methoxy groups -OCH3 is 2. The number of hydrogen-bond donors (Lipinski definition) is 0. The van der Waals surface area contributed by atoms with E-state index in [1.165, 1.54) is 7.11 Å². The molecule has 3 nitrogen and oxygen atoms in total. The van der Waals surface area contributed by atoms with E-state index in [1.54, 1.807) is 7.11 Å². The maximum atomic E-state index is 11.6. The average molecular weight is 306 g/mol. The molecule has 0 saturated carbocycles. The molecule has 0 aliphatic heterocycles. The number of carbonyl (C=O) groups is 1. The first-order chi connectivity index (χ1) is 11.2. The Bertz CT molecular complexity index is 852. The smallest absolute Gasteiger partial charge is 0.309 e. The van der Waals surface area contributed by atoms with Gasteiger partial charge in [-0.15, -0.1) is 0 Å². The summed E-state index contributed by atoms with van der Waals surface area (Å²) in [6, 6.07) is 20.2. The van der Waals surface area contributed by atoms with Gasteiger partial charge in [0.05, 0.1) is 20.6 Å². The van der Waals surface area contributed by atoms with Crippen molar-refractivity contribution in [2.24, 2.45) is 0 Å². The summed E-state index contributed by atoms with van der Waals surface area (Å²) in [5.74, 6) is 0.610. The van der Waals surface area contributed by atoms with Gasteiger partial charge in [-0.3, -0.25) is 4.79 Å². The largest absolute Gasteiger partial charge is 0.497 e. The van der Waals surface area contributed by atoms with E-state index in [0.29, 0.717) is 0 Å². The molecule has 0 radical (unpaired) electrons. The lowest BCUT2D eigenvalue weighted by Gasteiger charge is -2.10. The number of rotatable bonds is 4. The SMILES string of the molecule is COC(=O)Cc1ccccc1-c1ccc2cc(OC)ccc2c1. The Morgan fingerprint density at radius 1 is 0.913 bits per heavy atom. The van der Waals surface area contributed by atoms with Crippen LogP contribution < -0.4 is 4.74 Å². The molecule has 116 valence electrons. The molecule has 0 spiro atoms. The van der Waals surface area contributed by atoms with E-state index in [2.05, 4.69) is 18.2 Å². The van der Waals surface area contributed by atoms with Gasteiger partial charge in [0, 0.05) is 0 Å². The van der Waals surface area contributed by atoms with E-state index in [1.807, 2.05) is 42.5 Å². The highest BCUT2D eigenvalue weighted by Crippen LogP contribution is 2.29. The van der Waals surface area contributed by atoms with E-state index < -0.39 is 0 Å². The maximum Gasteiger partial charge on any atom is 0.309 e. The quantitative estimate of drug-likeness (QED) is 0.677. The minimum absolute atomic E-state index is 0.233. The van der Waals surface area contributed by atoms with Gasteiger partial charge in [0.1, 0.15) is 5.75 Å². The summed E-state index contributed by atoms with van der Waals surface area (Å²) >= 11 is 0. The number of hydrogen-bond acceptors (Lipinski definition) is 3. The number of esters is 1. The Hall–Kier alpha value is -2.81. The van der Waals surface area contributed by atoms with Crippen LogP contribution in [-0.2, 0) is 16.0 Å². The molecule has 23 heavy (non-hydrogen) atoms. The minimum Gasteiger partial charge on any atom is -0.497 e. The summed E-state index contributed by atoms with van der Waals surface area (Å²) in [5.41, 5.74) is 3.10. The van der Waals surface area contributed by atoms with Crippen LogP contribution >= 0.6 is 0 Å². The summed E-state index contributed by atoms with van der Waals surface area (Å²) in [6.45, 7) is 0. The summed E-state index contributed by atoms with van der Waals surface area (Å²) < 4.78 is 10.0. The Kier molecular flexibility index (Phi) is 4.29. The van der Waals surface area contributed by atoms with Crippen molar-refractivity contribution in [3.63, 3.8) is 0 Å². The zero-order chi connectivity index (χ0) is 16.2. The highest BCUT2D eigenvalue weighted by atomic mass is 16.5. The molecular formula is C20H18O3. The van der Waals surface area contributed by atoms with Gasteiger partial charge in [0.25, 0.3) is 0 Å². The summed E-state index contributed by atoms with van der Waals surface area (Å²) in [6.07, 6.45) is 0.271. The van der Waals surface area contributed by atoms with Crippen LogP contribution in [0.5, 0.6) is 5.75 Å². The standard InChI is InChI=1S/C20H18O3/c1-22-18-10-9-14-11-17(8-7-15(14)12-18)19-6-4-3-5-16(19)13-20(21)23-2/h3-12H,13H2,1-2H3. The molecule has 0 aliphatic rings. The van der Waals surface area contributed by atoms with Gasteiger partial charge in [-0.1, -0.05) is 42.5 Å². The van der Waals surface area contributed by atoms with Gasteiger partial charge in [0.2, 0.25) is 0 Å². The van der Waals surface area contributed by atoms with Crippen LogP contribution in [0.3, 0.4) is 0 Å². The topological polar surface area (TPSA) is 35.5 Å². The number of benzene rings is 3. The van der Waals surface area contributed by atoms with Crippen molar-refractivity contribution in [3.8, 4) is 16.9 Å². The van der Waals surface area contributed by atoms with Gasteiger partial charge in [-0.05, 0) is 45.7 Å².